The Kier molecular flexibility index (Phi) is 7.08. The molecule has 5 nitrogen and oxygen atoms in total. The van der Waals surface area contributed by atoms with Gasteiger partial charge in [0.15, 0.2) is 6.61 Å². The summed E-state index contributed by atoms with van der Waals surface area (Å²) in [5, 5.41) is 8.45. The Bertz CT molecular complexity index is 743. The summed E-state index contributed by atoms with van der Waals surface area (Å²) < 4.78 is 15.7. The first-order valence-electron chi connectivity index (χ1n) is 7.81. The first-order valence-corrected chi connectivity index (χ1v) is 7.81. The summed E-state index contributed by atoms with van der Waals surface area (Å²) in [7, 11) is 0. The number of rotatable bonds is 8. The van der Waals surface area contributed by atoms with Gasteiger partial charge in [0.25, 0.3) is 0 Å². The van der Waals surface area contributed by atoms with Gasteiger partial charge >= 0.3 is 5.97 Å². The minimum absolute atomic E-state index is 0.00612. The first-order chi connectivity index (χ1) is 12.2. The number of nitrogens with zero attached hydrogens (tertiary/aromatic N) is 1. The highest BCUT2D eigenvalue weighted by Gasteiger charge is 1.99. The second-order valence-corrected chi connectivity index (χ2v) is 5.18. The van der Waals surface area contributed by atoms with Gasteiger partial charge in [-0.3, -0.25) is 0 Å². The van der Waals surface area contributed by atoms with E-state index in [4.69, 9.17) is 19.5 Å². The average Bonchev–Trinajstić information content (AvgIpc) is 2.64. The molecule has 0 heterocycles. The Hall–Kier alpha value is -3.26. The highest BCUT2D eigenvalue weighted by atomic mass is 16.6. The average molecular weight is 337 g/mol. The Morgan fingerprint density at radius 3 is 2.32 bits per heavy atom. The largest absolute Gasteiger partial charge is 0.490 e. The van der Waals surface area contributed by atoms with E-state index in [0.717, 1.165) is 16.9 Å². The van der Waals surface area contributed by atoms with Crippen LogP contribution in [0.1, 0.15) is 11.1 Å². The van der Waals surface area contributed by atoms with Gasteiger partial charge < -0.3 is 14.2 Å². The van der Waals surface area contributed by atoms with Gasteiger partial charge in [-0.1, -0.05) is 29.8 Å². The van der Waals surface area contributed by atoms with Gasteiger partial charge in [-0.25, -0.2) is 4.79 Å². The van der Waals surface area contributed by atoms with Gasteiger partial charge in [-0.2, -0.15) is 5.26 Å². The fourth-order valence-electron chi connectivity index (χ4n) is 1.94. The van der Waals surface area contributed by atoms with Crippen molar-refractivity contribution in [2.45, 2.75) is 6.92 Å². The number of benzene rings is 2. The molecule has 0 saturated carbocycles. The highest BCUT2D eigenvalue weighted by Crippen LogP contribution is 2.13. The van der Waals surface area contributed by atoms with Crippen molar-refractivity contribution < 1.29 is 19.0 Å². The van der Waals surface area contributed by atoms with E-state index in [1.54, 1.807) is 30.3 Å². The van der Waals surface area contributed by atoms with Gasteiger partial charge in [0, 0.05) is 6.08 Å². The maximum absolute atomic E-state index is 11.7. The molecule has 5 heteroatoms. The molecule has 0 unspecified atom stereocenters. The van der Waals surface area contributed by atoms with Gasteiger partial charge in [0.05, 0.1) is 0 Å². The number of nitriles is 1. The zero-order chi connectivity index (χ0) is 17.9. The Morgan fingerprint density at radius 1 is 1.00 bits per heavy atom. The van der Waals surface area contributed by atoms with Crippen LogP contribution >= 0.6 is 0 Å². The number of hydrogen-bond donors (Lipinski definition) is 0. The molecule has 0 fully saturated rings. The van der Waals surface area contributed by atoms with Crippen LogP contribution in [0.15, 0.2) is 54.6 Å². The number of esters is 1. The number of carbonyl (C=O) groups excluding carboxylic acids is 1. The first kappa shape index (κ1) is 18.1. The molecule has 0 spiro atoms. The van der Waals surface area contributed by atoms with Gasteiger partial charge in [-0.05, 0) is 42.8 Å². The zero-order valence-corrected chi connectivity index (χ0v) is 14.0. The molecule has 128 valence electrons. The van der Waals surface area contributed by atoms with Crippen LogP contribution < -0.4 is 9.47 Å². The third kappa shape index (κ3) is 6.80. The normalized spacial score (nSPS) is 10.2. The standard InChI is InChI=1S/C20H19NO4/c1-16-2-7-18(8-3-16)24-14-15-25-20(22)11-6-17-4-9-19(10-5-17)23-13-12-21/h2-11H,13-15H2,1H3/b11-6+. The van der Waals surface area contributed by atoms with E-state index < -0.39 is 5.97 Å². The van der Waals surface area contributed by atoms with E-state index in [2.05, 4.69) is 0 Å². The molecule has 0 saturated heterocycles. The van der Waals surface area contributed by atoms with Crippen LogP contribution in [0.25, 0.3) is 6.08 Å². The number of aryl methyl sites for hydroxylation is 1. The molecular formula is C20H19NO4. The van der Waals surface area contributed by atoms with Crippen LogP contribution in [-0.4, -0.2) is 25.8 Å². The van der Waals surface area contributed by atoms with E-state index >= 15 is 0 Å². The fourth-order valence-corrected chi connectivity index (χ4v) is 1.94. The van der Waals surface area contributed by atoms with Crippen molar-refractivity contribution in [3.05, 3.63) is 65.7 Å². The molecule has 0 N–H and O–H groups in total. The third-order valence-corrected chi connectivity index (χ3v) is 3.21. The summed E-state index contributed by atoms with van der Waals surface area (Å²) in [5.41, 5.74) is 1.99. The van der Waals surface area contributed by atoms with Crippen LogP contribution in [0.4, 0.5) is 0 Å². The molecule has 0 amide bonds. The van der Waals surface area contributed by atoms with Crippen molar-refractivity contribution in [2.24, 2.45) is 0 Å². The maximum Gasteiger partial charge on any atom is 0.330 e. The molecule has 0 radical (unpaired) electrons. The minimum atomic E-state index is -0.433. The van der Waals surface area contributed by atoms with E-state index in [1.807, 2.05) is 37.3 Å². The van der Waals surface area contributed by atoms with Gasteiger partial charge in [0.1, 0.15) is 30.8 Å². The Morgan fingerprint density at radius 2 is 1.64 bits per heavy atom. The van der Waals surface area contributed by atoms with E-state index in [-0.39, 0.29) is 13.2 Å². The lowest BCUT2D eigenvalue weighted by Gasteiger charge is -2.06. The van der Waals surface area contributed by atoms with Crippen LogP contribution in [0.2, 0.25) is 0 Å². The lowest BCUT2D eigenvalue weighted by molar-refractivity contribution is -0.138. The fraction of sp³-hybridized carbons (Fsp3) is 0.200. The number of ether oxygens (including phenoxy) is 3. The quantitative estimate of drug-likeness (QED) is 0.419. The van der Waals surface area contributed by atoms with E-state index in [9.17, 15) is 4.79 Å². The zero-order valence-electron chi connectivity index (χ0n) is 14.0. The van der Waals surface area contributed by atoms with Crippen LogP contribution in [0.3, 0.4) is 0 Å². The van der Waals surface area contributed by atoms with Gasteiger partial charge in [0.2, 0.25) is 0 Å². The summed E-state index contributed by atoms with van der Waals surface area (Å²) in [4.78, 5) is 11.7. The molecule has 2 rings (SSSR count). The maximum atomic E-state index is 11.7. The third-order valence-electron chi connectivity index (χ3n) is 3.21. The Balaban J connectivity index is 1.69. The van der Waals surface area contributed by atoms with Gasteiger partial charge in [-0.15, -0.1) is 0 Å². The summed E-state index contributed by atoms with van der Waals surface area (Å²) >= 11 is 0. The summed E-state index contributed by atoms with van der Waals surface area (Å²) in [6, 6.07) is 16.6. The molecule has 0 aromatic heterocycles. The molecule has 2 aromatic carbocycles. The smallest absolute Gasteiger partial charge is 0.330 e. The SMILES string of the molecule is Cc1ccc(OCCOC(=O)/C=C/c2ccc(OCC#N)cc2)cc1. The number of hydrogen-bond acceptors (Lipinski definition) is 5. The van der Waals surface area contributed by atoms with Crippen molar-refractivity contribution in [3.63, 3.8) is 0 Å². The minimum Gasteiger partial charge on any atom is -0.490 e. The lowest BCUT2D eigenvalue weighted by Crippen LogP contribution is -2.10. The summed E-state index contributed by atoms with van der Waals surface area (Å²) in [6.07, 6.45) is 3.01. The summed E-state index contributed by atoms with van der Waals surface area (Å²) in [6.45, 7) is 2.49. The predicted molar refractivity (Wildman–Crippen MR) is 94.2 cm³/mol. The summed E-state index contributed by atoms with van der Waals surface area (Å²) in [5.74, 6) is 0.919. The van der Waals surface area contributed by atoms with E-state index in [0.29, 0.717) is 12.4 Å². The lowest BCUT2D eigenvalue weighted by atomic mass is 10.2. The molecule has 0 atom stereocenters. The molecule has 0 aliphatic carbocycles. The molecule has 0 aliphatic heterocycles. The monoisotopic (exact) mass is 337 g/mol. The van der Waals surface area contributed by atoms with Crippen molar-refractivity contribution in [3.8, 4) is 17.6 Å². The molecule has 0 aliphatic rings. The molecule has 25 heavy (non-hydrogen) atoms. The second kappa shape index (κ2) is 9.78. The predicted octanol–water partition coefficient (Wildman–Crippen LogP) is 3.53. The molecule has 0 bridgehead atoms. The van der Waals surface area contributed by atoms with Crippen molar-refractivity contribution in [2.75, 3.05) is 19.8 Å². The topological polar surface area (TPSA) is 68.6 Å². The van der Waals surface area contributed by atoms with Crippen LogP contribution in [0.5, 0.6) is 11.5 Å². The second-order valence-electron chi connectivity index (χ2n) is 5.18. The highest BCUT2D eigenvalue weighted by molar-refractivity contribution is 5.87. The Labute approximate surface area is 147 Å². The van der Waals surface area contributed by atoms with Crippen LogP contribution in [-0.2, 0) is 9.53 Å². The number of carbonyl (C=O) groups is 1. The molecular weight excluding hydrogens is 318 g/mol. The van der Waals surface area contributed by atoms with Crippen molar-refractivity contribution >= 4 is 12.0 Å². The van der Waals surface area contributed by atoms with Crippen molar-refractivity contribution in [1.82, 2.24) is 0 Å². The van der Waals surface area contributed by atoms with Crippen molar-refractivity contribution in [1.29, 1.82) is 5.26 Å². The van der Waals surface area contributed by atoms with E-state index in [1.165, 1.54) is 6.08 Å². The van der Waals surface area contributed by atoms with Crippen LogP contribution in [0, 0.1) is 18.3 Å². The molecule has 2 aromatic rings.